The van der Waals surface area contributed by atoms with E-state index in [4.69, 9.17) is 11.6 Å². The van der Waals surface area contributed by atoms with Gasteiger partial charge in [0.05, 0.1) is 23.1 Å². The fraction of sp³-hybridized carbons (Fsp3) is 0.174. The van der Waals surface area contributed by atoms with Crippen molar-refractivity contribution in [2.45, 2.75) is 27.3 Å². The number of carbonyl (C=O) groups excluding carboxylic acids is 1. The average molecular weight is 517 g/mol. The molecule has 1 N–H and O–H groups in total. The summed E-state index contributed by atoms with van der Waals surface area (Å²) in [4.78, 5) is 31.7. The van der Waals surface area contributed by atoms with Crippen LogP contribution in [0, 0.1) is 20.8 Å². The lowest BCUT2D eigenvalue weighted by molar-refractivity contribution is 0.103. The Morgan fingerprint density at radius 2 is 1.87 bits per heavy atom. The lowest BCUT2D eigenvalue weighted by atomic mass is 10.1. The predicted molar refractivity (Wildman–Crippen MR) is 131 cm³/mol. The standard InChI is InChI=1S/C23H19BrClN3O2S/c1-12-8-16(24)9-13(2)19(12)27-21(29)20-14(3)18-22(31-20)26-11-28(23(18)30)10-15-6-4-5-7-17(15)25/h4-9,11H,10H2,1-3H3,(H,27,29). The Morgan fingerprint density at radius 1 is 1.19 bits per heavy atom. The summed E-state index contributed by atoms with van der Waals surface area (Å²) in [6.07, 6.45) is 1.51. The molecule has 2 aromatic carbocycles. The monoisotopic (exact) mass is 515 g/mol. The van der Waals surface area contributed by atoms with Crippen LogP contribution in [0.4, 0.5) is 5.69 Å². The maximum atomic E-state index is 13.2. The summed E-state index contributed by atoms with van der Waals surface area (Å²) in [5, 5.41) is 4.06. The van der Waals surface area contributed by atoms with Gasteiger partial charge in [0, 0.05) is 15.2 Å². The van der Waals surface area contributed by atoms with Crippen LogP contribution in [0.3, 0.4) is 0 Å². The van der Waals surface area contributed by atoms with E-state index in [1.807, 2.05) is 44.2 Å². The molecule has 5 nitrogen and oxygen atoms in total. The molecule has 2 aromatic heterocycles. The van der Waals surface area contributed by atoms with Gasteiger partial charge >= 0.3 is 0 Å². The molecule has 158 valence electrons. The van der Waals surface area contributed by atoms with Gasteiger partial charge in [0.1, 0.15) is 4.83 Å². The Morgan fingerprint density at radius 3 is 2.55 bits per heavy atom. The highest BCUT2D eigenvalue weighted by molar-refractivity contribution is 9.10. The molecule has 0 radical (unpaired) electrons. The van der Waals surface area contributed by atoms with Gasteiger partial charge in [0.2, 0.25) is 0 Å². The molecule has 1 amide bonds. The van der Waals surface area contributed by atoms with Crippen LogP contribution in [0.1, 0.15) is 31.9 Å². The molecule has 0 bridgehead atoms. The van der Waals surface area contributed by atoms with Crippen molar-refractivity contribution < 1.29 is 4.79 Å². The number of anilines is 1. The number of hydrogen-bond acceptors (Lipinski definition) is 4. The van der Waals surface area contributed by atoms with E-state index in [2.05, 4.69) is 26.2 Å². The number of halogens is 2. The quantitative estimate of drug-likeness (QED) is 0.356. The molecule has 0 aliphatic heterocycles. The van der Waals surface area contributed by atoms with Gasteiger partial charge < -0.3 is 5.32 Å². The van der Waals surface area contributed by atoms with Crippen molar-refractivity contribution in [3.05, 3.63) is 89.7 Å². The van der Waals surface area contributed by atoms with Crippen molar-refractivity contribution in [2.75, 3.05) is 5.32 Å². The van der Waals surface area contributed by atoms with Crippen molar-refractivity contribution >= 4 is 60.7 Å². The second kappa shape index (κ2) is 8.57. The van der Waals surface area contributed by atoms with E-state index < -0.39 is 0 Å². The molecule has 0 fully saturated rings. The second-order valence-electron chi connectivity index (χ2n) is 7.37. The maximum absolute atomic E-state index is 13.2. The summed E-state index contributed by atoms with van der Waals surface area (Å²) in [5.74, 6) is -0.244. The van der Waals surface area contributed by atoms with E-state index in [9.17, 15) is 9.59 Å². The van der Waals surface area contributed by atoms with Crippen molar-refractivity contribution in [2.24, 2.45) is 0 Å². The van der Waals surface area contributed by atoms with E-state index >= 15 is 0 Å². The number of aryl methyl sites for hydroxylation is 3. The first-order valence-corrected chi connectivity index (χ1v) is 11.5. The first kappa shape index (κ1) is 21.7. The van der Waals surface area contributed by atoms with E-state index in [1.165, 1.54) is 22.2 Å². The minimum Gasteiger partial charge on any atom is -0.321 e. The van der Waals surface area contributed by atoms with Gasteiger partial charge in [-0.15, -0.1) is 11.3 Å². The van der Waals surface area contributed by atoms with Crippen LogP contribution in [-0.4, -0.2) is 15.5 Å². The van der Waals surface area contributed by atoms with Crippen LogP contribution in [0.25, 0.3) is 10.2 Å². The first-order chi connectivity index (χ1) is 14.8. The summed E-state index contributed by atoms with van der Waals surface area (Å²) in [6, 6.07) is 11.3. The SMILES string of the molecule is Cc1cc(Br)cc(C)c1NC(=O)c1sc2ncn(Cc3ccccc3Cl)c(=O)c2c1C. The predicted octanol–water partition coefficient (Wildman–Crippen LogP) is 6.10. The smallest absolute Gasteiger partial charge is 0.266 e. The zero-order valence-corrected chi connectivity index (χ0v) is 20.3. The van der Waals surface area contributed by atoms with E-state index in [0.717, 1.165) is 26.9 Å². The Balaban J connectivity index is 1.71. The van der Waals surface area contributed by atoms with Crippen LogP contribution in [-0.2, 0) is 6.54 Å². The van der Waals surface area contributed by atoms with Crippen LogP contribution in [0.2, 0.25) is 5.02 Å². The van der Waals surface area contributed by atoms with Gasteiger partial charge in [-0.25, -0.2) is 4.98 Å². The number of rotatable bonds is 4. The average Bonchev–Trinajstić information content (AvgIpc) is 3.05. The Labute approximate surface area is 196 Å². The van der Waals surface area contributed by atoms with Crippen LogP contribution >= 0.6 is 38.9 Å². The lowest BCUT2D eigenvalue weighted by Crippen LogP contribution is -2.21. The first-order valence-electron chi connectivity index (χ1n) is 9.56. The number of nitrogens with one attached hydrogen (secondary N) is 1. The fourth-order valence-electron chi connectivity index (χ4n) is 3.58. The molecule has 0 unspecified atom stereocenters. The van der Waals surface area contributed by atoms with Gasteiger partial charge in [-0.2, -0.15) is 0 Å². The van der Waals surface area contributed by atoms with E-state index in [1.54, 1.807) is 13.0 Å². The summed E-state index contributed by atoms with van der Waals surface area (Å²) >= 11 is 10.9. The fourth-order valence-corrected chi connectivity index (χ4v) is 5.49. The highest BCUT2D eigenvalue weighted by atomic mass is 79.9. The molecule has 0 spiro atoms. The minimum atomic E-state index is -0.244. The summed E-state index contributed by atoms with van der Waals surface area (Å²) in [5.41, 5.74) is 3.97. The number of amides is 1. The molecule has 4 aromatic rings. The molecule has 4 rings (SSSR count). The Bertz CT molecular complexity index is 1370. The molecule has 0 aliphatic carbocycles. The van der Waals surface area contributed by atoms with Gasteiger partial charge in [-0.05, 0) is 61.2 Å². The van der Waals surface area contributed by atoms with Crippen LogP contribution in [0.15, 0.2) is 52.0 Å². The zero-order valence-electron chi connectivity index (χ0n) is 17.1. The van der Waals surface area contributed by atoms with E-state index in [-0.39, 0.29) is 11.5 Å². The topological polar surface area (TPSA) is 64.0 Å². The third-order valence-corrected chi connectivity index (χ3v) is 7.18. The summed E-state index contributed by atoms with van der Waals surface area (Å²) < 4.78 is 2.48. The highest BCUT2D eigenvalue weighted by Crippen LogP contribution is 2.30. The number of aromatic nitrogens is 2. The minimum absolute atomic E-state index is 0.186. The second-order valence-corrected chi connectivity index (χ2v) is 9.70. The molecule has 0 atom stereocenters. The Kier molecular flexibility index (Phi) is 6.01. The van der Waals surface area contributed by atoms with Gasteiger partial charge in [0.15, 0.2) is 0 Å². The van der Waals surface area contributed by atoms with Crippen LogP contribution < -0.4 is 10.9 Å². The lowest BCUT2D eigenvalue weighted by Gasteiger charge is -2.12. The zero-order chi connectivity index (χ0) is 22.3. The molecule has 8 heteroatoms. The van der Waals surface area contributed by atoms with E-state index in [0.29, 0.717) is 32.2 Å². The number of benzene rings is 2. The summed E-state index contributed by atoms with van der Waals surface area (Å²) in [7, 11) is 0. The maximum Gasteiger partial charge on any atom is 0.266 e. The molecule has 0 saturated carbocycles. The molecule has 31 heavy (non-hydrogen) atoms. The number of carbonyl (C=O) groups is 1. The third-order valence-electron chi connectivity index (χ3n) is 5.16. The molecule has 0 saturated heterocycles. The van der Waals surface area contributed by atoms with Crippen molar-refractivity contribution in [3.63, 3.8) is 0 Å². The highest BCUT2D eigenvalue weighted by Gasteiger charge is 2.21. The third kappa shape index (κ3) is 4.18. The molecule has 0 aliphatic rings. The van der Waals surface area contributed by atoms with Gasteiger partial charge in [-0.3, -0.25) is 14.2 Å². The summed E-state index contributed by atoms with van der Waals surface area (Å²) in [6.45, 7) is 5.99. The molecular weight excluding hydrogens is 498 g/mol. The van der Waals surface area contributed by atoms with Gasteiger partial charge in [-0.1, -0.05) is 45.7 Å². The normalized spacial score (nSPS) is 11.1. The largest absolute Gasteiger partial charge is 0.321 e. The number of thiophene rings is 1. The van der Waals surface area contributed by atoms with Crippen molar-refractivity contribution in [1.29, 1.82) is 0 Å². The number of nitrogens with zero attached hydrogens (tertiary/aromatic N) is 2. The molecular formula is C23H19BrClN3O2S. The number of hydrogen-bond donors (Lipinski definition) is 1. The molecule has 2 heterocycles. The van der Waals surface area contributed by atoms with Crippen molar-refractivity contribution in [1.82, 2.24) is 9.55 Å². The Hall–Kier alpha value is -2.48. The van der Waals surface area contributed by atoms with Gasteiger partial charge in [0.25, 0.3) is 11.5 Å². The number of fused-ring (bicyclic) bond motifs is 1. The van der Waals surface area contributed by atoms with Crippen molar-refractivity contribution in [3.8, 4) is 0 Å². The van der Waals surface area contributed by atoms with Crippen LogP contribution in [0.5, 0.6) is 0 Å².